The first-order chi connectivity index (χ1) is 30.5. The first-order valence-corrected chi connectivity index (χ1v) is 25.1. The van der Waals surface area contributed by atoms with Crippen LogP contribution in [0.3, 0.4) is 0 Å². The minimum absolute atomic E-state index is 0.0985. The van der Waals surface area contributed by atoms with Gasteiger partial charge in [-0.05, 0) is 152 Å². The van der Waals surface area contributed by atoms with Crippen molar-refractivity contribution >= 4 is 0 Å². The molecule has 0 aromatic heterocycles. The maximum Gasteiger partial charge on any atom is 0.143 e. The van der Waals surface area contributed by atoms with E-state index < -0.39 is 11.7 Å². The van der Waals surface area contributed by atoms with Gasteiger partial charge in [0.1, 0.15) is 23.2 Å². The predicted molar refractivity (Wildman–Crippen MR) is 256 cm³/mol. The molecule has 346 valence electrons. The van der Waals surface area contributed by atoms with Gasteiger partial charge >= 0.3 is 0 Å². The number of hydrogen-bond acceptors (Lipinski definition) is 6. The zero-order valence-corrected chi connectivity index (χ0v) is 40.1. The van der Waals surface area contributed by atoms with Gasteiger partial charge in [-0.1, -0.05) is 133 Å². The Hall–Kier alpha value is -3.16. The van der Waals surface area contributed by atoms with Crippen molar-refractivity contribution in [3.8, 4) is 11.5 Å². The number of benzene rings is 3. The number of ether oxygens (including phenoxy) is 5. The molecule has 4 aliphatic rings. The molecule has 3 saturated carbocycles. The van der Waals surface area contributed by atoms with Crippen LogP contribution in [-0.4, -0.2) is 58.0 Å². The monoisotopic (exact) mass is 863 g/mol. The van der Waals surface area contributed by atoms with Crippen molar-refractivity contribution in [3.63, 3.8) is 0 Å². The van der Waals surface area contributed by atoms with Gasteiger partial charge in [0, 0.05) is 13.2 Å². The number of rotatable bonds is 23. The van der Waals surface area contributed by atoms with Crippen LogP contribution in [0.25, 0.3) is 0 Å². The summed E-state index contributed by atoms with van der Waals surface area (Å²) in [6, 6.07) is 26.1. The van der Waals surface area contributed by atoms with Crippen molar-refractivity contribution in [1.82, 2.24) is 0 Å². The van der Waals surface area contributed by atoms with E-state index in [4.69, 9.17) is 23.7 Å². The molecule has 3 aromatic rings. The minimum Gasteiger partial charge on any atom is -0.497 e. The second-order valence-electron chi connectivity index (χ2n) is 21.0. The highest BCUT2D eigenvalue weighted by atomic mass is 16.5. The summed E-state index contributed by atoms with van der Waals surface area (Å²) in [4.78, 5) is 0. The van der Waals surface area contributed by atoms with Gasteiger partial charge < -0.3 is 28.8 Å². The Morgan fingerprint density at radius 3 is 1.98 bits per heavy atom. The van der Waals surface area contributed by atoms with Crippen molar-refractivity contribution in [2.45, 2.75) is 149 Å². The second kappa shape index (κ2) is 21.9. The normalized spacial score (nSPS) is 27.8. The lowest BCUT2D eigenvalue weighted by Crippen LogP contribution is -2.51. The lowest BCUT2D eigenvalue weighted by Gasteiger charge is -2.58. The number of allylic oxidation sites excluding steroid dienone is 1. The van der Waals surface area contributed by atoms with E-state index >= 15 is 0 Å². The Bertz CT molecular complexity index is 1810. The molecule has 9 atom stereocenters. The average molecular weight is 863 g/mol. The summed E-state index contributed by atoms with van der Waals surface area (Å²) in [6.45, 7) is 14.5. The molecule has 0 amide bonds. The van der Waals surface area contributed by atoms with Gasteiger partial charge in [0.05, 0.1) is 33.5 Å². The van der Waals surface area contributed by atoms with E-state index in [1.807, 2.05) is 66.7 Å². The third kappa shape index (κ3) is 10.8. The van der Waals surface area contributed by atoms with Crippen LogP contribution in [0, 0.1) is 46.3 Å². The third-order valence-electron chi connectivity index (χ3n) is 16.8. The number of fused-ring (bicyclic) bond motifs is 5. The molecular formula is C57H82O6. The van der Waals surface area contributed by atoms with E-state index in [-0.39, 0.29) is 13.2 Å². The highest BCUT2D eigenvalue weighted by Gasteiger charge is 2.59. The Morgan fingerprint density at radius 1 is 0.683 bits per heavy atom. The summed E-state index contributed by atoms with van der Waals surface area (Å²) in [6.07, 6.45) is 21.6. The molecule has 3 aromatic carbocycles. The smallest absolute Gasteiger partial charge is 0.143 e. The van der Waals surface area contributed by atoms with Crippen molar-refractivity contribution in [2.24, 2.45) is 46.3 Å². The van der Waals surface area contributed by atoms with Gasteiger partial charge in [0.25, 0.3) is 0 Å². The van der Waals surface area contributed by atoms with E-state index in [9.17, 15) is 5.11 Å². The number of aliphatic hydroxyl groups is 1. The average Bonchev–Trinajstić information content (AvgIpc) is 3.66. The Kier molecular flexibility index (Phi) is 16.6. The molecule has 0 heterocycles. The number of methoxy groups -OCH3 is 2. The Labute approximate surface area is 381 Å². The molecule has 1 N–H and O–H groups in total. The van der Waals surface area contributed by atoms with Gasteiger partial charge in [0.2, 0.25) is 0 Å². The lowest BCUT2D eigenvalue weighted by molar-refractivity contribution is -0.0647. The summed E-state index contributed by atoms with van der Waals surface area (Å²) >= 11 is 0. The molecule has 6 nitrogen and oxygen atoms in total. The van der Waals surface area contributed by atoms with Gasteiger partial charge in [-0.2, -0.15) is 0 Å². The van der Waals surface area contributed by atoms with Crippen LogP contribution in [-0.2, 0) is 19.8 Å². The molecular weight excluding hydrogens is 781 g/mol. The van der Waals surface area contributed by atoms with Gasteiger partial charge in [-0.15, -0.1) is 0 Å². The molecule has 63 heavy (non-hydrogen) atoms. The molecule has 3 fully saturated rings. The SMILES string of the molecule is COc1ccc(C(OCC(O)COCCCCCCOC2CC[C@@]3(C)C(=CCC4C3CC[C@@]3(C)C4CC[C@@H]3[C@H](C)CCCC(C)C)C2)(c2ccccc2)c2ccc(OC)cc2)cc1. The van der Waals surface area contributed by atoms with Crippen LogP contribution in [0.4, 0.5) is 0 Å². The maximum atomic E-state index is 11.2. The van der Waals surface area contributed by atoms with Crippen LogP contribution >= 0.6 is 0 Å². The molecule has 7 rings (SSSR count). The largest absolute Gasteiger partial charge is 0.497 e. The van der Waals surface area contributed by atoms with E-state index in [0.29, 0.717) is 23.5 Å². The lowest BCUT2D eigenvalue weighted by atomic mass is 9.47. The van der Waals surface area contributed by atoms with Crippen LogP contribution in [0.15, 0.2) is 90.5 Å². The second-order valence-corrected chi connectivity index (χ2v) is 21.0. The molecule has 0 bridgehead atoms. The zero-order valence-electron chi connectivity index (χ0n) is 40.1. The van der Waals surface area contributed by atoms with Gasteiger partial charge in [0.15, 0.2) is 0 Å². The van der Waals surface area contributed by atoms with Crippen molar-refractivity contribution < 1.29 is 28.8 Å². The first-order valence-electron chi connectivity index (χ1n) is 25.1. The van der Waals surface area contributed by atoms with Gasteiger partial charge in [-0.25, -0.2) is 0 Å². The summed E-state index contributed by atoms with van der Waals surface area (Å²) in [5.41, 5.74) is 4.52. The number of hydrogen-bond donors (Lipinski definition) is 1. The number of aliphatic hydroxyl groups excluding tert-OH is 1. The maximum absolute atomic E-state index is 11.2. The van der Waals surface area contributed by atoms with Crippen LogP contribution in [0.2, 0.25) is 0 Å². The fourth-order valence-corrected chi connectivity index (χ4v) is 13.3. The zero-order chi connectivity index (χ0) is 44.5. The molecule has 0 saturated heterocycles. The molecule has 5 unspecified atom stereocenters. The quantitative estimate of drug-likeness (QED) is 0.0582. The molecule has 0 aliphatic heterocycles. The summed E-state index contributed by atoms with van der Waals surface area (Å²) < 4.78 is 30.4. The predicted octanol–water partition coefficient (Wildman–Crippen LogP) is 13.4. The fourth-order valence-electron chi connectivity index (χ4n) is 13.3. The highest BCUT2D eigenvalue weighted by Crippen LogP contribution is 2.67. The summed E-state index contributed by atoms with van der Waals surface area (Å²) in [7, 11) is 3.33. The summed E-state index contributed by atoms with van der Waals surface area (Å²) in [5.74, 6) is 6.83. The Balaban J connectivity index is 0.824. The topological polar surface area (TPSA) is 66.4 Å². The van der Waals surface area contributed by atoms with E-state index in [0.717, 1.165) is 102 Å². The van der Waals surface area contributed by atoms with Crippen LogP contribution < -0.4 is 9.47 Å². The van der Waals surface area contributed by atoms with Crippen molar-refractivity contribution in [3.05, 3.63) is 107 Å². The van der Waals surface area contributed by atoms with Crippen LogP contribution in [0.5, 0.6) is 11.5 Å². The van der Waals surface area contributed by atoms with E-state index in [1.165, 1.54) is 64.2 Å². The highest BCUT2D eigenvalue weighted by molar-refractivity contribution is 5.49. The molecule has 0 radical (unpaired) electrons. The fraction of sp³-hybridized carbons (Fsp3) is 0.649. The van der Waals surface area contributed by atoms with E-state index in [1.54, 1.807) is 19.8 Å². The third-order valence-corrected chi connectivity index (χ3v) is 16.8. The van der Waals surface area contributed by atoms with Crippen molar-refractivity contribution in [1.29, 1.82) is 0 Å². The minimum atomic E-state index is -0.973. The molecule has 4 aliphatic carbocycles. The standard InChI is InChI=1S/C57H82O6/c1-41(2)16-15-17-42(3)52-30-31-53-51-29-24-46-38-50(32-34-55(46,4)54(51)33-35-56(52,53)5)62-37-14-9-8-13-36-61-39-47(58)40-63-57(43-18-11-10-12-19-43,44-20-25-48(59-6)26-21-44)45-22-27-49(60-7)28-23-45/h10-12,18-28,41-42,47,50-54,58H,8-9,13-17,29-40H2,1-7H3/t42-,47?,50?,51?,52-,53?,54?,55+,56-/m1/s1. The summed E-state index contributed by atoms with van der Waals surface area (Å²) in [5, 5.41) is 11.2. The van der Waals surface area contributed by atoms with E-state index in [2.05, 4.69) is 52.8 Å². The molecule has 0 spiro atoms. The number of unbranched alkanes of at least 4 members (excludes halogenated alkanes) is 3. The van der Waals surface area contributed by atoms with Crippen molar-refractivity contribution in [2.75, 3.05) is 40.6 Å². The van der Waals surface area contributed by atoms with Crippen LogP contribution in [0.1, 0.15) is 148 Å². The molecule has 6 heteroatoms. The first kappa shape index (κ1) is 47.8. The van der Waals surface area contributed by atoms with Gasteiger partial charge in [-0.3, -0.25) is 0 Å². The Morgan fingerprint density at radius 2 is 1.33 bits per heavy atom.